The molecule has 0 spiro atoms. The number of thioether (sulfide) groups is 1. The number of rotatable bonds is 5. The van der Waals surface area contributed by atoms with Gasteiger partial charge in [0, 0.05) is 11.6 Å². The number of carbonyl (C=O) groups excluding carboxylic acids is 1. The van der Waals surface area contributed by atoms with Gasteiger partial charge in [-0.05, 0) is 43.4 Å². The summed E-state index contributed by atoms with van der Waals surface area (Å²) in [5.74, 6) is 0.484. The topological polar surface area (TPSA) is 74.1 Å². The predicted molar refractivity (Wildman–Crippen MR) is 102 cm³/mol. The average Bonchev–Trinajstić information content (AvgIpc) is 2.65. The molecule has 0 amide bonds. The lowest BCUT2D eigenvalue weighted by Crippen LogP contribution is -2.28. The standard InChI is InChI=1S/C19H19N3O3S/c1-11-15-9-20-19(26-4)21-17(15)22(18(24)16(11)12(2)23)10-13-5-7-14(25-3)8-6-13/h5-9H,10H2,1-4H3. The molecular weight excluding hydrogens is 350 g/mol. The summed E-state index contributed by atoms with van der Waals surface area (Å²) in [5.41, 5.74) is 1.93. The smallest absolute Gasteiger partial charge is 0.263 e. The molecule has 26 heavy (non-hydrogen) atoms. The number of fused-ring (bicyclic) bond motifs is 1. The van der Waals surface area contributed by atoms with Crippen LogP contribution in [-0.2, 0) is 6.54 Å². The van der Waals surface area contributed by atoms with Gasteiger partial charge in [0.2, 0.25) is 0 Å². The highest BCUT2D eigenvalue weighted by Crippen LogP contribution is 2.21. The van der Waals surface area contributed by atoms with Gasteiger partial charge in [-0.3, -0.25) is 14.2 Å². The number of hydrogen-bond acceptors (Lipinski definition) is 6. The molecule has 0 saturated heterocycles. The monoisotopic (exact) mass is 369 g/mol. The summed E-state index contributed by atoms with van der Waals surface area (Å²) in [4.78, 5) is 33.9. The normalized spacial score (nSPS) is 10.9. The van der Waals surface area contributed by atoms with Crippen molar-refractivity contribution < 1.29 is 9.53 Å². The average molecular weight is 369 g/mol. The molecule has 2 aromatic heterocycles. The molecule has 0 saturated carbocycles. The highest BCUT2D eigenvalue weighted by Gasteiger charge is 2.19. The van der Waals surface area contributed by atoms with Crippen molar-refractivity contribution in [2.75, 3.05) is 13.4 Å². The molecule has 0 aliphatic rings. The Hall–Kier alpha value is -2.67. The number of pyridine rings is 1. The van der Waals surface area contributed by atoms with Crippen molar-refractivity contribution in [3.63, 3.8) is 0 Å². The lowest BCUT2D eigenvalue weighted by atomic mass is 10.0. The van der Waals surface area contributed by atoms with Gasteiger partial charge in [0.1, 0.15) is 11.4 Å². The van der Waals surface area contributed by atoms with E-state index in [0.717, 1.165) is 11.3 Å². The summed E-state index contributed by atoms with van der Waals surface area (Å²) in [6, 6.07) is 7.46. The molecule has 0 unspecified atom stereocenters. The zero-order chi connectivity index (χ0) is 18.8. The number of benzene rings is 1. The van der Waals surface area contributed by atoms with Crippen molar-refractivity contribution >= 4 is 28.6 Å². The molecule has 0 aliphatic heterocycles. The van der Waals surface area contributed by atoms with Crippen molar-refractivity contribution in [1.82, 2.24) is 14.5 Å². The van der Waals surface area contributed by atoms with Gasteiger partial charge in [0.25, 0.3) is 5.56 Å². The van der Waals surface area contributed by atoms with E-state index in [4.69, 9.17) is 4.74 Å². The first-order valence-corrected chi connectivity index (χ1v) is 9.26. The molecule has 7 heteroatoms. The highest BCUT2D eigenvalue weighted by atomic mass is 32.2. The molecule has 0 N–H and O–H groups in total. The van der Waals surface area contributed by atoms with E-state index < -0.39 is 0 Å². The third-order valence-corrected chi connectivity index (χ3v) is 4.84. The first-order chi connectivity index (χ1) is 12.5. The largest absolute Gasteiger partial charge is 0.497 e. The molecule has 0 fully saturated rings. The predicted octanol–water partition coefficient (Wildman–Crippen LogP) is 3.08. The molecule has 2 heterocycles. The van der Waals surface area contributed by atoms with Gasteiger partial charge >= 0.3 is 0 Å². The summed E-state index contributed by atoms with van der Waals surface area (Å²) >= 11 is 1.40. The number of ketones is 1. The highest BCUT2D eigenvalue weighted by molar-refractivity contribution is 7.98. The second-order valence-electron chi connectivity index (χ2n) is 5.89. The number of aryl methyl sites for hydroxylation is 1. The summed E-state index contributed by atoms with van der Waals surface area (Å²) < 4.78 is 6.72. The van der Waals surface area contributed by atoms with Gasteiger partial charge in [-0.15, -0.1) is 0 Å². The molecule has 3 aromatic rings. The Morgan fingerprint density at radius 2 is 1.96 bits per heavy atom. The number of hydrogen-bond donors (Lipinski definition) is 0. The van der Waals surface area contributed by atoms with Gasteiger partial charge in [-0.2, -0.15) is 0 Å². The van der Waals surface area contributed by atoms with E-state index in [1.165, 1.54) is 18.7 Å². The lowest BCUT2D eigenvalue weighted by Gasteiger charge is -2.14. The fourth-order valence-electron chi connectivity index (χ4n) is 2.93. The van der Waals surface area contributed by atoms with Crippen LogP contribution in [0.3, 0.4) is 0 Å². The Morgan fingerprint density at radius 1 is 1.27 bits per heavy atom. The van der Waals surface area contributed by atoms with Crippen molar-refractivity contribution in [2.24, 2.45) is 0 Å². The van der Waals surface area contributed by atoms with Crippen LogP contribution in [-0.4, -0.2) is 33.7 Å². The molecular formula is C19H19N3O3S. The minimum Gasteiger partial charge on any atom is -0.497 e. The number of carbonyl (C=O) groups is 1. The maximum absolute atomic E-state index is 13.0. The Bertz CT molecular complexity index is 1040. The van der Waals surface area contributed by atoms with Crippen LogP contribution in [0.25, 0.3) is 11.0 Å². The van der Waals surface area contributed by atoms with Crippen LogP contribution in [0.4, 0.5) is 0 Å². The summed E-state index contributed by atoms with van der Waals surface area (Å²) in [5, 5.41) is 1.29. The fraction of sp³-hybridized carbons (Fsp3) is 0.263. The number of methoxy groups -OCH3 is 1. The van der Waals surface area contributed by atoms with Crippen LogP contribution in [0.1, 0.15) is 28.4 Å². The molecule has 1 aromatic carbocycles. The van der Waals surface area contributed by atoms with Crippen LogP contribution in [0.15, 0.2) is 40.4 Å². The molecule has 0 atom stereocenters. The zero-order valence-corrected chi connectivity index (χ0v) is 15.9. The maximum atomic E-state index is 13.0. The van der Waals surface area contributed by atoms with Crippen LogP contribution in [0.5, 0.6) is 5.75 Å². The Balaban J connectivity index is 2.26. The molecule has 0 radical (unpaired) electrons. The third kappa shape index (κ3) is 3.22. The second-order valence-corrected chi connectivity index (χ2v) is 6.66. The maximum Gasteiger partial charge on any atom is 0.263 e. The first-order valence-electron chi connectivity index (χ1n) is 8.04. The van der Waals surface area contributed by atoms with E-state index in [0.29, 0.717) is 28.3 Å². The Labute approximate surface area is 155 Å². The molecule has 0 aliphatic carbocycles. The molecule has 134 valence electrons. The van der Waals surface area contributed by atoms with Crippen LogP contribution < -0.4 is 10.3 Å². The quantitative estimate of drug-likeness (QED) is 0.391. The number of ether oxygens (including phenoxy) is 1. The molecule has 6 nitrogen and oxygen atoms in total. The van der Waals surface area contributed by atoms with Crippen LogP contribution in [0.2, 0.25) is 0 Å². The van der Waals surface area contributed by atoms with Crippen molar-refractivity contribution in [2.45, 2.75) is 25.5 Å². The van der Waals surface area contributed by atoms with Crippen molar-refractivity contribution in [1.29, 1.82) is 0 Å². The van der Waals surface area contributed by atoms with Crippen molar-refractivity contribution in [3.8, 4) is 5.75 Å². The fourth-order valence-corrected chi connectivity index (χ4v) is 3.26. The van der Waals surface area contributed by atoms with Crippen molar-refractivity contribution in [3.05, 3.63) is 57.5 Å². The molecule has 3 rings (SSSR count). The SMILES string of the molecule is COc1ccc(Cn2c(=O)c(C(C)=O)c(C)c3cnc(SC)nc32)cc1. The van der Waals surface area contributed by atoms with E-state index in [9.17, 15) is 9.59 Å². The number of nitrogens with zero attached hydrogens (tertiary/aromatic N) is 3. The first kappa shape index (κ1) is 18.1. The minimum atomic E-state index is -0.330. The molecule has 0 bridgehead atoms. The van der Waals surface area contributed by atoms with Gasteiger partial charge in [-0.25, -0.2) is 9.97 Å². The van der Waals surface area contributed by atoms with E-state index in [2.05, 4.69) is 9.97 Å². The van der Waals surface area contributed by atoms with Gasteiger partial charge in [0.05, 0.1) is 19.2 Å². The summed E-state index contributed by atoms with van der Waals surface area (Å²) in [6.07, 6.45) is 3.56. The van der Waals surface area contributed by atoms with E-state index >= 15 is 0 Å². The number of Topliss-reactive ketones (excluding diaryl/α,β-unsaturated/α-hetero) is 1. The summed E-state index contributed by atoms with van der Waals surface area (Å²) in [7, 11) is 1.60. The summed E-state index contributed by atoms with van der Waals surface area (Å²) in [6.45, 7) is 3.48. The van der Waals surface area contributed by atoms with Crippen LogP contribution in [0, 0.1) is 6.92 Å². The van der Waals surface area contributed by atoms with E-state index in [-0.39, 0.29) is 16.9 Å². The second kappa shape index (κ2) is 7.29. The minimum absolute atomic E-state index is 0.187. The Morgan fingerprint density at radius 3 is 2.54 bits per heavy atom. The van der Waals surface area contributed by atoms with E-state index in [1.807, 2.05) is 30.5 Å². The zero-order valence-electron chi connectivity index (χ0n) is 15.1. The third-order valence-electron chi connectivity index (χ3n) is 4.27. The van der Waals surface area contributed by atoms with Gasteiger partial charge in [-0.1, -0.05) is 23.9 Å². The number of aromatic nitrogens is 3. The lowest BCUT2D eigenvalue weighted by molar-refractivity contribution is 0.101. The van der Waals surface area contributed by atoms with Gasteiger partial charge < -0.3 is 4.74 Å². The Kier molecular flexibility index (Phi) is 5.08. The van der Waals surface area contributed by atoms with Gasteiger partial charge in [0.15, 0.2) is 10.9 Å². The van der Waals surface area contributed by atoms with Crippen LogP contribution >= 0.6 is 11.8 Å². The van der Waals surface area contributed by atoms with E-state index in [1.54, 1.807) is 24.8 Å².